The second kappa shape index (κ2) is 10.6. The van der Waals surface area contributed by atoms with Gasteiger partial charge in [0.05, 0.1) is 30.7 Å². The first-order valence-electron chi connectivity index (χ1n) is 8.46. The number of hydrogen-bond acceptors (Lipinski definition) is 7. The van der Waals surface area contributed by atoms with Crippen molar-refractivity contribution in [2.24, 2.45) is 0 Å². The molecule has 0 aliphatic carbocycles. The average Bonchev–Trinajstić information content (AvgIpc) is 3.17. The lowest BCUT2D eigenvalue weighted by Crippen LogP contribution is -2.18. The number of nitrogens with one attached hydrogen (secondary N) is 1. The van der Waals surface area contributed by atoms with Gasteiger partial charge in [0.15, 0.2) is 18.1 Å². The SMILES string of the molecule is COc1cc(/C=C/C(=O)OCC(=O)c2ccc(CNC(C)=O)s2)cc(Cl)c1OC. The smallest absolute Gasteiger partial charge is 0.331 e. The van der Waals surface area contributed by atoms with E-state index in [4.69, 9.17) is 25.8 Å². The molecule has 154 valence electrons. The van der Waals surface area contributed by atoms with Crippen LogP contribution in [0.4, 0.5) is 0 Å². The van der Waals surface area contributed by atoms with Crippen LogP contribution in [0.1, 0.15) is 27.0 Å². The van der Waals surface area contributed by atoms with Crippen LogP contribution in [0.2, 0.25) is 5.02 Å². The molecule has 0 spiro atoms. The Labute approximate surface area is 177 Å². The van der Waals surface area contributed by atoms with E-state index < -0.39 is 5.97 Å². The second-order valence-electron chi connectivity index (χ2n) is 5.78. The summed E-state index contributed by atoms with van der Waals surface area (Å²) in [4.78, 5) is 36.3. The van der Waals surface area contributed by atoms with E-state index in [0.717, 1.165) is 4.88 Å². The summed E-state index contributed by atoms with van der Waals surface area (Å²) in [6.45, 7) is 1.39. The van der Waals surface area contributed by atoms with Gasteiger partial charge in [-0.3, -0.25) is 9.59 Å². The van der Waals surface area contributed by atoms with Crippen molar-refractivity contribution in [3.63, 3.8) is 0 Å². The van der Waals surface area contributed by atoms with Crippen LogP contribution in [-0.4, -0.2) is 38.5 Å². The largest absolute Gasteiger partial charge is 0.493 e. The monoisotopic (exact) mass is 437 g/mol. The van der Waals surface area contributed by atoms with Gasteiger partial charge in [-0.15, -0.1) is 11.3 Å². The highest BCUT2D eigenvalue weighted by atomic mass is 35.5. The van der Waals surface area contributed by atoms with E-state index in [1.54, 1.807) is 24.3 Å². The number of Topliss-reactive ketones (excluding diaryl/α,β-unsaturated/α-hetero) is 1. The van der Waals surface area contributed by atoms with Gasteiger partial charge in [0, 0.05) is 17.9 Å². The molecule has 0 unspecified atom stereocenters. The zero-order chi connectivity index (χ0) is 21.4. The maximum atomic E-state index is 12.1. The maximum Gasteiger partial charge on any atom is 0.331 e. The van der Waals surface area contributed by atoms with Crippen LogP contribution < -0.4 is 14.8 Å². The van der Waals surface area contributed by atoms with Crippen molar-refractivity contribution in [1.29, 1.82) is 0 Å². The fourth-order valence-corrected chi connectivity index (χ4v) is 3.46. The third-order valence-electron chi connectivity index (χ3n) is 3.66. The Hall–Kier alpha value is -2.84. The highest BCUT2D eigenvalue weighted by Crippen LogP contribution is 2.36. The van der Waals surface area contributed by atoms with Crippen LogP contribution in [-0.2, 0) is 20.9 Å². The first-order valence-corrected chi connectivity index (χ1v) is 9.66. The minimum Gasteiger partial charge on any atom is -0.493 e. The standard InChI is InChI=1S/C20H20ClNO6S/c1-12(23)22-10-14-5-6-18(29-14)16(24)11-28-19(25)7-4-13-8-15(21)20(27-3)17(9-13)26-2/h4-9H,10-11H2,1-3H3,(H,22,23)/b7-4+. The first-order chi connectivity index (χ1) is 13.8. The zero-order valence-electron chi connectivity index (χ0n) is 16.1. The van der Waals surface area contributed by atoms with Crippen LogP contribution >= 0.6 is 22.9 Å². The Morgan fingerprint density at radius 1 is 1.17 bits per heavy atom. The molecule has 29 heavy (non-hydrogen) atoms. The van der Waals surface area contributed by atoms with Gasteiger partial charge < -0.3 is 19.5 Å². The molecule has 0 saturated carbocycles. The molecule has 0 radical (unpaired) electrons. The third kappa shape index (κ3) is 6.62. The Kier molecular flexibility index (Phi) is 8.23. The Balaban J connectivity index is 1.92. The molecule has 0 fully saturated rings. The van der Waals surface area contributed by atoms with Crippen molar-refractivity contribution in [1.82, 2.24) is 5.32 Å². The fraction of sp³-hybridized carbons (Fsp3) is 0.250. The molecule has 0 saturated heterocycles. The van der Waals surface area contributed by atoms with Crippen molar-refractivity contribution in [2.75, 3.05) is 20.8 Å². The molecule has 0 aliphatic rings. The van der Waals surface area contributed by atoms with Gasteiger partial charge in [0.1, 0.15) is 0 Å². The normalized spacial score (nSPS) is 10.6. The molecule has 0 aliphatic heterocycles. The highest BCUT2D eigenvalue weighted by molar-refractivity contribution is 7.14. The van der Waals surface area contributed by atoms with Crippen molar-refractivity contribution >= 4 is 46.7 Å². The lowest BCUT2D eigenvalue weighted by Gasteiger charge is -2.10. The Morgan fingerprint density at radius 2 is 1.93 bits per heavy atom. The number of carbonyl (C=O) groups excluding carboxylic acids is 3. The molecule has 1 amide bonds. The van der Waals surface area contributed by atoms with Crippen LogP contribution in [0.15, 0.2) is 30.3 Å². The number of amides is 1. The number of ether oxygens (including phenoxy) is 3. The van der Waals surface area contributed by atoms with E-state index in [2.05, 4.69) is 5.32 Å². The maximum absolute atomic E-state index is 12.1. The summed E-state index contributed by atoms with van der Waals surface area (Å²) in [5, 5.41) is 2.99. The number of hydrogen-bond donors (Lipinski definition) is 1. The van der Waals surface area contributed by atoms with Crippen LogP contribution in [0.5, 0.6) is 11.5 Å². The molecule has 2 aromatic rings. The zero-order valence-corrected chi connectivity index (χ0v) is 17.7. The summed E-state index contributed by atoms with van der Waals surface area (Å²) in [7, 11) is 2.96. The molecule has 1 N–H and O–H groups in total. The number of thiophene rings is 1. The molecular formula is C20H20ClNO6S. The number of halogens is 1. The number of methoxy groups -OCH3 is 2. The molecular weight excluding hydrogens is 418 g/mol. The van der Waals surface area contributed by atoms with Crippen LogP contribution in [0.25, 0.3) is 6.08 Å². The Bertz CT molecular complexity index is 937. The molecule has 9 heteroatoms. The number of rotatable bonds is 9. The fourth-order valence-electron chi connectivity index (χ4n) is 2.29. The predicted molar refractivity (Wildman–Crippen MR) is 111 cm³/mol. The summed E-state index contributed by atoms with van der Waals surface area (Å²) < 4.78 is 15.3. The minimum absolute atomic E-state index is 0.150. The van der Waals surface area contributed by atoms with Gasteiger partial charge in [0.2, 0.25) is 11.7 Å². The summed E-state index contributed by atoms with van der Waals surface area (Å²) >= 11 is 7.36. The van der Waals surface area contributed by atoms with Gasteiger partial charge >= 0.3 is 5.97 Å². The van der Waals surface area contributed by atoms with E-state index in [0.29, 0.717) is 33.5 Å². The van der Waals surface area contributed by atoms with Gasteiger partial charge in [0.25, 0.3) is 0 Å². The van der Waals surface area contributed by atoms with Crippen LogP contribution in [0.3, 0.4) is 0 Å². The second-order valence-corrected chi connectivity index (χ2v) is 7.35. The van der Waals surface area contributed by atoms with Gasteiger partial charge in [-0.1, -0.05) is 11.6 Å². The summed E-state index contributed by atoms with van der Waals surface area (Å²) in [6.07, 6.45) is 2.69. The van der Waals surface area contributed by atoms with Crippen molar-refractivity contribution < 1.29 is 28.6 Å². The minimum atomic E-state index is -0.667. The van der Waals surface area contributed by atoms with Crippen LogP contribution in [0, 0.1) is 0 Å². The highest BCUT2D eigenvalue weighted by Gasteiger charge is 2.13. The lowest BCUT2D eigenvalue weighted by atomic mass is 10.2. The molecule has 1 aromatic heterocycles. The van der Waals surface area contributed by atoms with E-state index in [9.17, 15) is 14.4 Å². The first kappa shape index (κ1) is 22.4. The summed E-state index contributed by atoms with van der Waals surface area (Å²) in [6, 6.07) is 6.65. The number of ketones is 1. The molecule has 7 nitrogen and oxygen atoms in total. The van der Waals surface area contributed by atoms with E-state index >= 15 is 0 Å². The molecule has 1 heterocycles. The molecule has 0 bridgehead atoms. The molecule has 2 rings (SSSR count). The van der Waals surface area contributed by atoms with Gasteiger partial charge in [-0.05, 0) is 35.9 Å². The van der Waals surface area contributed by atoms with Gasteiger partial charge in [-0.2, -0.15) is 0 Å². The average molecular weight is 438 g/mol. The van der Waals surface area contributed by atoms with Crippen molar-refractivity contribution in [3.8, 4) is 11.5 Å². The Morgan fingerprint density at radius 3 is 2.59 bits per heavy atom. The van der Waals surface area contributed by atoms with E-state index in [1.807, 2.05) is 0 Å². The molecule has 0 atom stereocenters. The van der Waals surface area contributed by atoms with Gasteiger partial charge in [-0.25, -0.2) is 4.79 Å². The summed E-state index contributed by atoms with van der Waals surface area (Å²) in [5.41, 5.74) is 0.608. The number of esters is 1. The lowest BCUT2D eigenvalue weighted by molar-refractivity contribution is -0.136. The summed E-state index contributed by atoms with van der Waals surface area (Å²) in [5.74, 6) is -0.314. The number of benzene rings is 1. The molecule has 1 aromatic carbocycles. The topological polar surface area (TPSA) is 90.9 Å². The number of carbonyl (C=O) groups is 3. The predicted octanol–water partition coefficient (Wildman–Crippen LogP) is 3.49. The van der Waals surface area contributed by atoms with E-state index in [1.165, 1.54) is 44.6 Å². The van der Waals surface area contributed by atoms with Crippen molar-refractivity contribution in [2.45, 2.75) is 13.5 Å². The quantitative estimate of drug-likeness (QED) is 0.367. The van der Waals surface area contributed by atoms with E-state index in [-0.39, 0.29) is 18.3 Å². The van der Waals surface area contributed by atoms with Crippen molar-refractivity contribution in [3.05, 3.63) is 50.7 Å². The third-order valence-corrected chi connectivity index (χ3v) is 5.07.